The number of benzene rings is 1. The molecule has 0 saturated carbocycles. The largest absolute Gasteiger partial charge is 0.363 e. The highest BCUT2D eigenvalue weighted by Gasteiger charge is 2.17. The minimum atomic E-state index is 0.146. The summed E-state index contributed by atoms with van der Waals surface area (Å²) in [6.45, 7) is 2.43. The lowest BCUT2D eigenvalue weighted by atomic mass is 10.1. The van der Waals surface area contributed by atoms with Crippen LogP contribution in [0.2, 0.25) is 0 Å². The molecule has 1 amide bonds. The highest BCUT2D eigenvalue weighted by atomic mass is 16.2. The number of amides is 1. The summed E-state index contributed by atoms with van der Waals surface area (Å²) in [6.07, 6.45) is 5.29. The van der Waals surface area contributed by atoms with Crippen molar-refractivity contribution < 1.29 is 4.79 Å². The molecule has 1 aliphatic rings. The topological polar surface area (TPSA) is 63.1 Å². The van der Waals surface area contributed by atoms with E-state index >= 15 is 0 Å². The predicted molar refractivity (Wildman–Crippen MR) is 84.5 cm³/mol. The van der Waals surface area contributed by atoms with E-state index in [4.69, 9.17) is 0 Å². The van der Waals surface area contributed by atoms with Gasteiger partial charge in [-0.1, -0.05) is 17.3 Å². The fourth-order valence-corrected chi connectivity index (χ4v) is 2.67. The standard InChI is InChI=1S/C16H21N5O/c1-20-12-15(18-19-20)17-11-13-5-7-14(8-6-13)16(22)21-9-3-2-4-10-21/h5-8,12,17H,2-4,9-11H2,1H3. The number of hydrogen-bond acceptors (Lipinski definition) is 4. The molecule has 0 radical (unpaired) electrons. The summed E-state index contributed by atoms with van der Waals surface area (Å²) in [7, 11) is 1.83. The summed E-state index contributed by atoms with van der Waals surface area (Å²) in [4.78, 5) is 14.3. The van der Waals surface area contributed by atoms with E-state index in [1.165, 1.54) is 6.42 Å². The number of hydrogen-bond donors (Lipinski definition) is 1. The Balaban J connectivity index is 1.58. The van der Waals surface area contributed by atoms with Gasteiger partial charge in [-0.2, -0.15) is 0 Å². The molecule has 0 atom stereocenters. The molecule has 6 heteroatoms. The van der Waals surface area contributed by atoms with E-state index in [0.717, 1.165) is 42.9 Å². The normalized spacial score (nSPS) is 14.9. The molecule has 6 nitrogen and oxygen atoms in total. The second-order valence-corrected chi connectivity index (χ2v) is 5.68. The lowest BCUT2D eigenvalue weighted by Crippen LogP contribution is -2.35. The Bertz CT molecular complexity index is 628. The molecule has 1 saturated heterocycles. The second kappa shape index (κ2) is 6.60. The first-order chi connectivity index (χ1) is 10.7. The molecule has 2 heterocycles. The number of nitrogens with one attached hydrogen (secondary N) is 1. The Labute approximate surface area is 130 Å². The van der Waals surface area contributed by atoms with Crippen LogP contribution in [0.25, 0.3) is 0 Å². The highest BCUT2D eigenvalue weighted by Crippen LogP contribution is 2.14. The van der Waals surface area contributed by atoms with Crippen molar-refractivity contribution in [3.8, 4) is 0 Å². The third-order valence-corrected chi connectivity index (χ3v) is 3.92. The minimum absolute atomic E-state index is 0.146. The Morgan fingerprint density at radius 1 is 1.18 bits per heavy atom. The van der Waals surface area contributed by atoms with Crippen molar-refractivity contribution in [2.75, 3.05) is 18.4 Å². The predicted octanol–water partition coefficient (Wildman–Crippen LogP) is 2.05. The molecule has 0 aliphatic carbocycles. The maximum Gasteiger partial charge on any atom is 0.253 e. The van der Waals surface area contributed by atoms with Crippen molar-refractivity contribution in [2.45, 2.75) is 25.8 Å². The van der Waals surface area contributed by atoms with Crippen molar-refractivity contribution >= 4 is 11.7 Å². The quantitative estimate of drug-likeness (QED) is 0.938. The fourth-order valence-electron chi connectivity index (χ4n) is 2.67. The van der Waals surface area contributed by atoms with Gasteiger partial charge >= 0.3 is 0 Å². The number of anilines is 1. The van der Waals surface area contributed by atoms with E-state index in [1.54, 1.807) is 4.68 Å². The summed E-state index contributed by atoms with van der Waals surface area (Å²) >= 11 is 0. The number of likely N-dealkylation sites (tertiary alicyclic amines) is 1. The minimum Gasteiger partial charge on any atom is -0.363 e. The number of aryl methyl sites for hydroxylation is 1. The van der Waals surface area contributed by atoms with Gasteiger partial charge in [-0.05, 0) is 37.0 Å². The number of nitrogens with zero attached hydrogens (tertiary/aromatic N) is 4. The second-order valence-electron chi connectivity index (χ2n) is 5.68. The zero-order valence-corrected chi connectivity index (χ0v) is 12.8. The van der Waals surface area contributed by atoms with E-state index in [9.17, 15) is 4.79 Å². The van der Waals surface area contributed by atoms with Crippen molar-refractivity contribution in [3.05, 3.63) is 41.6 Å². The van der Waals surface area contributed by atoms with Gasteiger partial charge < -0.3 is 10.2 Å². The SMILES string of the molecule is Cn1cc(NCc2ccc(C(=O)N3CCCCC3)cc2)nn1. The van der Waals surface area contributed by atoms with Crippen molar-refractivity contribution in [2.24, 2.45) is 7.05 Å². The first-order valence-electron chi connectivity index (χ1n) is 7.71. The van der Waals surface area contributed by atoms with E-state index in [0.29, 0.717) is 6.54 Å². The molecule has 1 aromatic heterocycles. The molecule has 1 aliphatic heterocycles. The van der Waals surface area contributed by atoms with E-state index < -0.39 is 0 Å². The van der Waals surface area contributed by atoms with Crippen LogP contribution in [0.1, 0.15) is 35.2 Å². The van der Waals surface area contributed by atoms with Crippen LogP contribution in [0.5, 0.6) is 0 Å². The summed E-state index contributed by atoms with van der Waals surface area (Å²) < 4.78 is 1.66. The first kappa shape index (κ1) is 14.6. The number of carbonyl (C=O) groups is 1. The molecule has 2 aromatic rings. The molecule has 3 rings (SSSR count). The van der Waals surface area contributed by atoms with Gasteiger partial charge in [-0.25, -0.2) is 0 Å². The third-order valence-electron chi connectivity index (χ3n) is 3.92. The highest BCUT2D eigenvalue weighted by molar-refractivity contribution is 5.94. The maximum atomic E-state index is 12.4. The zero-order valence-electron chi connectivity index (χ0n) is 12.8. The Hall–Kier alpha value is -2.37. The van der Waals surface area contributed by atoms with Crippen molar-refractivity contribution in [1.82, 2.24) is 19.9 Å². The van der Waals surface area contributed by atoms with Crippen LogP contribution in [0.15, 0.2) is 30.5 Å². The number of rotatable bonds is 4. The number of carbonyl (C=O) groups excluding carboxylic acids is 1. The lowest BCUT2D eigenvalue weighted by molar-refractivity contribution is 0.0724. The van der Waals surface area contributed by atoms with Crippen LogP contribution in [-0.4, -0.2) is 38.9 Å². The lowest BCUT2D eigenvalue weighted by Gasteiger charge is -2.26. The molecule has 1 fully saturated rings. The number of aromatic nitrogens is 3. The molecule has 0 spiro atoms. The summed E-state index contributed by atoms with van der Waals surface area (Å²) in [6, 6.07) is 7.79. The van der Waals surface area contributed by atoms with Crippen LogP contribution in [0.4, 0.5) is 5.82 Å². The van der Waals surface area contributed by atoms with Crippen LogP contribution in [-0.2, 0) is 13.6 Å². The van der Waals surface area contributed by atoms with E-state index in [2.05, 4.69) is 15.6 Å². The molecule has 116 valence electrons. The summed E-state index contributed by atoms with van der Waals surface area (Å²) in [5.74, 6) is 0.893. The van der Waals surface area contributed by atoms with Crippen LogP contribution < -0.4 is 5.32 Å². The molecular formula is C16H21N5O. The van der Waals surface area contributed by atoms with Gasteiger partial charge in [-0.15, -0.1) is 5.10 Å². The Kier molecular flexibility index (Phi) is 4.37. The molecular weight excluding hydrogens is 278 g/mol. The van der Waals surface area contributed by atoms with Crippen LogP contribution in [0.3, 0.4) is 0 Å². The van der Waals surface area contributed by atoms with Gasteiger partial charge in [0.1, 0.15) is 0 Å². The van der Waals surface area contributed by atoms with Gasteiger partial charge in [0.25, 0.3) is 5.91 Å². The first-order valence-corrected chi connectivity index (χ1v) is 7.71. The molecule has 22 heavy (non-hydrogen) atoms. The third kappa shape index (κ3) is 3.44. The molecule has 0 unspecified atom stereocenters. The monoisotopic (exact) mass is 299 g/mol. The van der Waals surface area contributed by atoms with Crippen molar-refractivity contribution in [1.29, 1.82) is 0 Å². The van der Waals surface area contributed by atoms with E-state index in [1.807, 2.05) is 42.4 Å². The van der Waals surface area contributed by atoms with Gasteiger partial charge in [-0.3, -0.25) is 9.48 Å². The van der Waals surface area contributed by atoms with Gasteiger partial charge in [0.2, 0.25) is 0 Å². The summed E-state index contributed by atoms with van der Waals surface area (Å²) in [5.41, 5.74) is 1.88. The Morgan fingerprint density at radius 3 is 2.55 bits per heavy atom. The van der Waals surface area contributed by atoms with Gasteiger partial charge in [0.05, 0.1) is 6.20 Å². The average molecular weight is 299 g/mol. The maximum absolute atomic E-state index is 12.4. The number of piperidine rings is 1. The molecule has 1 aromatic carbocycles. The molecule has 0 bridgehead atoms. The fraction of sp³-hybridized carbons (Fsp3) is 0.438. The zero-order chi connectivity index (χ0) is 15.4. The van der Waals surface area contributed by atoms with E-state index in [-0.39, 0.29) is 5.91 Å². The van der Waals surface area contributed by atoms with Crippen molar-refractivity contribution in [3.63, 3.8) is 0 Å². The van der Waals surface area contributed by atoms with Gasteiger partial charge in [0.15, 0.2) is 5.82 Å². The summed E-state index contributed by atoms with van der Waals surface area (Å²) in [5, 5.41) is 11.1. The van der Waals surface area contributed by atoms with Crippen LogP contribution in [0, 0.1) is 0 Å². The smallest absolute Gasteiger partial charge is 0.253 e. The molecule has 1 N–H and O–H groups in total. The van der Waals surface area contributed by atoms with Crippen LogP contribution >= 0.6 is 0 Å². The Morgan fingerprint density at radius 2 is 1.91 bits per heavy atom. The average Bonchev–Trinajstić information content (AvgIpc) is 2.99. The van der Waals surface area contributed by atoms with Gasteiger partial charge in [0, 0.05) is 32.2 Å².